The number of aryl methyl sites for hydroxylation is 1. The monoisotopic (exact) mass is 253 g/mol. The highest BCUT2D eigenvalue weighted by Crippen LogP contribution is 2.18. The molecule has 0 bridgehead atoms. The molecule has 0 spiro atoms. The van der Waals surface area contributed by atoms with Crippen molar-refractivity contribution in [2.45, 2.75) is 44.3 Å². The number of nitriles is 1. The Balaban J connectivity index is 2.26. The van der Waals surface area contributed by atoms with E-state index in [0.29, 0.717) is 0 Å². The van der Waals surface area contributed by atoms with Gasteiger partial charge in [0.15, 0.2) is 0 Å². The SMILES string of the molecule is CCNC(C)(C#N)CCCSc1n[nH]c(C)n1. The predicted octanol–water partition coefficient (Wildman–Crippen LogP) is 1.88. The zero-order chi connectivity index (χ0) is 12.7. The molecule has 17 heavy (non-hydrogen) atoms. The van der Waals surface area contributed by atoms with Crippen molar-refractivity contribution in [3.05, 3.63) is 5.82 Å². The molecule has 0 amide bonds. The molecule has 0 aliphatic heterocycles. The van der Waals surface area contributed by atoms with E-state index in [1.54, 1.807) is 11.8 Å². The number of aromatic amines is 1. The summed E-state index contributed by atoms with van der Waals surface area (Å²) in [5.74, 6) is 1.77. The minimum atomic E-state index is -0.412. The van der Waals surface area contributed by atoms with E-state index >= 15 is 0 Å². The van der Waals surface area contributed by atoms with Crippen LogP contribution < -0.4 is 5.32 Å². The van der Waals surface area contributed by atoms with E-state index in [4.69, 9.17) is 5.26 Å². The second kappa shape index (κ2) is 6.62. The Hall–Kier alpha value is -1.06. The molecule has 0 saturated heterocycles. The Morgan fingerprint density at radius 3 is 2.88 bits per heavy atom. The van der Waals surface area contributed by atoms with Crippen LogP contribution in [0, 0.1) is 18.3 Å². The molecule has 1 aromatic heterocycles. The van der Waals surface area contributed by atoms with Crippen molar-refractivity contribution in [2.24, 2.45) is 0 Å². The standard InChI is InChI=1S/C11H19N5S/c1-4-13-11(3,8-12)6-5-7-17-10-14-9(2)15-16-10/h13H,4-7H2,1-3H3,(H,14,15,16). The quantitative estimate of drug-likeness (QED) is 0.573. The first kappa shape index (κ1) is 14.0. The van der Waals surface area contributed by atoms with Gasteiger partial charge in [0.05, 0.1) is 6.07 Å². The van der Waals surface area contributed by atoms with Gasteiger partial charge in [-0.05, 0) is 33.2 Å². The van der Waals surface area contributed by atoms with Gasteiger partial charge < -0.3 is 0 Å². The maximum atomic E-state index is 9.09. The van der Waals surface area contributed by atoms with Crippen LogP contribution in [0.3, 0.4) is 0 Å². The van der Waals surface area contributed by atoms with Crippen molar-refractivity contribution in [3.8, 4) is 6.07 Å². The number of H-pyrrole nitrogens is 1. The Morgan fingerprint density at radius 1 is 1.59 bits per heavy atom. The fourth-order valence-electron chi connectivity index (χ4n) is 1.55. The van der Waals surface area contributed by atoms with Crippen LogP contribution >= 0.6 is 11.8 Å². The summed E-state index contributed by atoms with van der Waals surface area (Å²) in [4.78, 5) is 4.22. The third kappa shape index (κ3) is 4.75. The molecule has 0 aliphatic carbocycles. The van der Waals surface area contributed by atoms with Crippen LogP contribution in [0.1, 0.15) is 32.5 Å². The molecule has 1 unspecified atom stereocenters. The number of nitrogens with zero attached hydrogens (tertiary/aromatic N) is 3. The van der Waals surface area contributed by atoms with Crippen molar-refractivity contribution in [1.29, 1.82) is 5.26 Å². The average molecular weight is 253 g/mol. The summed E-state index contributed by atoms with van der Waals surface area (Å²) < 4.78 is 0. The largest absolute Gasteiger partial charge is 0.300 e. The van der Waals surface area contributed by atoms with E-state index in [0.717, 1.165) is 36.1 Å². The Labute approximate surface area is 106 Å². The lowest BCUT2D eigenvalue weighted by atomic mass is 9.98. The number of hydrogen-bond acceptors (Lipinski definition) is 5. The molecule has 0 aliphatic rings. The van der Waals surface area contributed by atoms with Crippen LogP contribution in [-0.4, -0.2) is 33.0 Å². The molecule has 6 heteroatoms. The minimum absolute atomic E-state index is 0.412. The maximum absolute atomic E-state index is 9.09. The van der Waals surface area contributed by atoms with Gasteiger partial charge in [-0.15, -0.1) is 5.10 Å². The smallest absolute Gasteiger partial charge is 0.208 e. The van der Waals surface area contributed by atoms with Gasteiger partial charge in [0.25, 0.3) is 0 Å². The van der Waals surface area contributed by atoms with Crippen LogP contribution in [0.25, 0.3) is 0 Å². The van der Waals surface area contributed by atoms with Crippen LogP contribution in [0.2, 0.25) is 0 Å². The fourth-order valence-corrected chi connectivity index (χ4v) is 2.33. The predicted molar refractivity (Wildman–Crippen MR) is 68.8 cm³/mol. The third-order valence-corrected chi connectivity index (χ3v) is 3.38. The van der Waals surface area contributed by atoms with E-state index in [2.05, 4.69) is 26.6 Å². The lowest BCUT2D eigenvalue weighted by Gasteiger charge is -2.21. The van der Waals surface area contributed by atoms with E-state index < -0.39 is 5.54 Å². The second-order valence-electron chi connectivity index (χ2n) is 4.13. The number of hydrogen-bond donors (Lipinski definition) is 2. The topological polar surface area (TPSA) is 77.4 Å². The first-order valence-electron chi connectivity index (χ1n) is 5.78. The van der Waals surface area contributed by atoms with Gasteiger partial charge >= 0.3 is 0 Å². The first-order valence-corrected chi connectivity index (χ1v) is 6.76. The van der Waals surface area contributed by atoms with Gasteiger partial charge in [-0.25, -0.2) is 4.98 Å². The lowest BCUT2D eigenvalue weighted by Crippen LogP contribution is -2.40. The van der Waals surface area contributed by atoms with Gasteiger partial charge in [-0.3, -0.25) is 10.4 Å². The average Bonchev–Trinajstić information content (AvgIpc) is 2.71. The minimum Gasteiger partial charge on any atom is -0.300 e. The molecule has 1 rings (SSSR count). The van der Waals surface area contributed by atoms with Gasteiger partial charge in [0, 0.05) is 5.75 Å². The van der Waals surface area contributed by atoms with Gasteiger partial charge in [-0.1, -0.05) is 18.7 Å². The van der Waals surface area contributed by atoms with Gasteiger partial charge in [0.1, 0.15) is 11.4 Å². The first-order chi connectivity index (χ1) is 8.09. The number of aromatic nitrogens is 3. The Bertz CT molecular complexity index is 383. The maximum Gasteiger partial charge on any atom is 0.208 e. The lowest BCUT2D eigenvalue weighted by molar-refractivity contribution is 0.426. The Morgan fingerprint density at radius 2 is 2.35 bits per heavy atom. The van der Waals surface area contributed by atoms with Crippen molar-refractivity contribution >= 4 is 11.8 Å². The van der Waals surface area contributed by atoms with Crippen LogP contribution in [0.5, 0.6) is 0 Å². The molecular weight excluding hydrogens is 234 g/mol. The molecule has 5 nitrogen and oxygen atoms in total. The molecule has 0 fully saturated rings. The fraction of sp³-hybridized carbons (Fsp3) is 0.727. The molecule has 2 N–H and O–H groups in total. The molecular formula is C11H19N5S. The van der Waals surface area contributed by atoms with Gasteiger partial charge in [0.2, 0.25) is 5.16 Å². The van der Waals surface area contributed by atoms with Crippen molar-refractivity contribution in [1.82, 2.24) is 20.5 Å². The van der Waals surface area contributed by atoms with E-state index in [1.165, 1.54) is 0 Å². The highest BCUT2D eigenvalue weighted by molar-refractivity contribution is 7.99. The summed E-state index contributed by atoms with van der Waals surface area (Å²) in [6.45, 7) is 6.66. The molecule has 1 heterocycles. The summed E-state index contributed by atoms with van der Waals surface area (Å²) in [7, 11) is 0. The molecule has 1 aromatic rings. The summed E-state index contributed by atoms with van der Waals surface area (Å²) in [6.07, 6.45) is 1.81. The zero-order valence-corrected chi connectivity index (χ0v) is 11.4. The summed E-state index contributed by atoms with van der Waals surface area (Å²) >= 11 is 1.62. The normalized spacial score (nSPS) is 14.2. The summed E-state index contributed by atoms with van der Waals surface area (Å²) in [5, 5.41) is 19.9. The summed E-state index contributed by atoms with van der Waals surface area (Å²) in [5.41, 5.74) is -0.412. The highest BCUT2D eigenvalue weighted by Gasteiger charge is 2.21. The molecule has 0 saturated carbocycles. The van der Waals surface area contributed by atoms with E-state index in [9.17, 15) is 0 Å². The third-order valence-electron chi connectivity index (χ3n) is 2.44. The van der Waals surface area contributed by atoms with Crippen LogP contribution in [0.4, 0.5) is 0 Å². The highest BCUT2D eigenvalue weighted by atomic mass is 32.2. The molecule has 94 valence electrons. The molecule has 0 radical (unpaired) electrons. The van der Waals surface area contributed by atoms with Crippen LogP contribution in [0.15, 0.2) is 5.16 Å². The Kier molecular flexibility index (Phi) is 5.45. The van der Waals surface area contributed by atoms with Gasteiger partial charge in [-0.2, -0.15) is 5.26 Å². The number of rotatable bonds is 7. The summed E-state index contributed by atoms with van der Waals surface area (Å²) in [6, 6.07) is 2.32. The van der Waals surface area contributed by atoms with Crippen molar-refractivity contribution in [3.63, 3.8) is 0 Å². The molecule has 0 aromatic carbocycles. The number of nitrogens with one attached hydrogen (secondary N) is 2. The van der Waals surface area contributed by atoms with E-state index in [1.807, 2.05) is 20.8 Å². The molecule has 1 atom stereocenters. The van der Waals surface area contributed by atoms with Crippen molar-refractivity contribution < 1.29 is 0 Å². The van der Waals surface area contributed by atoms with Crippen LogP contribution in [-0.2, 0) is 0 Å². The second-order valence-corrected chi connectivity index (χ2v) is 5.19. The zero-order valence-electron chi connectivity index (χ0n) is 10.6. The van der Waals surface area contributed by atoms with E-state index in [-0.39, 0.29) is 0 Å². The van der Waals surface area contributed by atoms with Crippen molar-refractivity contribution in [2.75, 3.05) is 12.3 Å². The number of thioether (sulfide) groups is 1.